The van der Waals surface area contributed by atoms with Crippen LogP contribution in [0.3, 0.4) is 0 Å². The van der Waals surface area contributed by atoms with Crippen LogP contribution in [-0.2, 0) is 0 Å². The summed E-state index contributed by atoms with van der Waals surface area (Å²) in [4.78, 5) is 0. The third-order valence-corrected chi connectivity index (χ3v) is 2.98. The van der Waals surface area contributed by atoms with Crippen LogP contribution in [-0.4, -0.2) is 0 Å². The van der Waals surface area contributed by atoms with E-state index < -0.39 is 0 Å². The lowest BCUT2D eigenvalue weighted by atomic mass is 10.1. The quantitative estimate of drug-likeness (QED) is 0.899. The predicted molar refractivity (Wildman–Crippen MR) is 64.9 cm³/mol. The molecule has 0 radical (unpaired) electrons. The van der Waals surface area contributed by atoms with Gasteiger partial charge < -0.3 is 9.73 Å². The molecule has 0 bridgehead atoms. The molecule has 1 N–H and O–H groups in total. The summed E-state index contributed by atoms with van der Waals surface area (Å²) < 4.78 is 6.12. The lowest BCUT2D eigenvalue weighted by Crippen LogP contribution is -2.05. The second-order valence-corrected chi connectivity index (χ2v) is 4.26. The van der Waals surface area contributed by atoms with Crippen molar-refractivity contribution in [2.24, 2.45) is 0 Å². The van der Waals surface area contributed by atoms with Crippen LogP contribution in [0.2, 0.25) is 0 Å². The van der Waals surface area contributed by atoms with E-state index in [1.807, 2.05) is 30.3 Å². The average molecular weight is 266 g/mol. The number of benzene rings is 1. The van der Waals surface area contributed by atoms with Gasteiger partial charge in [-0.25, -0.2) is 0 Å². The van der Waals surface area contributed by atoms with Crippen LogP contribution < -0.4 is 5.32 Å². The van der Waals surface area contributed by atoms with Crippen LogP contribution >= 0.6 is 15.9 Å². The van der Waals surface area contributed by atoms with Crippen LogP contribution in [0.1, 0.15) is 18.5 Å². The molecule has 0 spiro atoms. The molecule has 15 heavy (non-hydrogen) atoms. The summed E-state index contributed by atoms with van der Waals surface area (Å²) in [6.45, 7) is 2.10. The van der Waals surface area contributed by atoms with Gasteiger partial charge in [0.1, 0.15) is 0 Å². The molecular weight excluding hydrogens is 254 g/mol. The molecule has 2 nitrogen and oxygen atoms in total. The number of para-hydroxylation sites is 1. The summed E-state index contributed by atoms with van der Waals surface area (Å²) in [6.07, 6.45) is 3.45. The monoisotopic (exact) mass is 265 g/mol. The molecule has 2 rings (SSSR count). The molecule has 1 heterocycles. The Morgan fingerprint density at radius 2 is 2.07 bits per heavy atom. The Hall–Kier alpha value is -1.22. The minimum absolute atomic E-state index is 0.238. The van der Waals surface area contributed by atoms with Crippen molar-refractivity contribution in [1.29, 1.82) is 0 Å². The first-order valence-electron chi connectivity index (χ1n) is 4.80. The molecular formula is C12H12BrNO. The lowest BCUT2D eigenvalue weighted by Gasteiger charge is -2.14. The molecule has 1 atom stereocenters. The SMILES string of the molecule is CC(Nc1ccccc1Br)c1ccoc1. The van der Waals surface area contributed by atoms with Gasteiger partial charge in [-0.1, -0.05) is 12.1 Å². The third kappa shape index (κ3) is 2.42. The molecule has 0 aliphatic rings. The molecule has 0 aliphatic carbocycles. The normalized spacial score (nSPS) is 12.4. The van der Waals surface area contributed by atoms with E-state index in [-0.39, 0.29) is 6.04 Å². The molecule has 0 amide bonds. The molecule has 1 unspecified atom stereocenters. The van der Waals surface area contributed by atoms with Crippen LogP contribution in [0, 0.1) is 0 Å². The van der Waals surface area contributed by atoms with Crippen molar-refractivity contribution >= 4 is 21.6 Å². The maximum Gasteiger partial charge on any atom is 0.0955 e. The van der Waals surface area contributed by atoms with E-state index in [0.29, 0.717) is 0 Å². The van der Waals surface area contributed by atoms with Gasteiger partial charge in [0, 0.05) is 15.7 Å². The van der Waals surface area contributed by atoms with Crippen molar-refractivity contribution in [1.82, 2.24) is 0 Å². The first kappa shape index (κ1) is 10.3. The van der Waals surface area contributed by atoms with Gasteiger partial charge in [0.05, 0.1) is 18.6 Å². The van der Waals surface area contributed by atoms with Gasteiger partial charge in [-0.2, -0.15) is 0 Å². The number of rotatable bonds is 3. The third-order valence-electron chi connectivity index (χ3n) is 2.29. The van der Waals surface area contributed by atoms with Gasteiger partial charge in [-0.3, -0.25) is 0 Å². The number of furan rings is 1. The van der Waals surface area contributed by atoms with Gasteiger partial charge in [-0.15, -0.1) is 0 Å². The highest BCUT2D eigenvalue weighted by Gasteiger charge is 2.07. The fourth-order valence-corrected chi connectivity index (χ4v) is 1.82. The molecule has 0 saturated carbocycles. The highest BCUT2D eigenvalue weighted by atomic mass is 79.9. The number of anilines is 1. The largest absolute Gasteiger partial charge is 0.472 e. The summed E-state index contributed by atoms with van der Waals surface area (Å²) in [5.41, 5.74) is 2.23. The second-order valence-electron chi connectivity index (χ2n) is 3.40. The zero-order chi connectivity index (χ0) is 10.7. The van der Waals surface area contributed by atoms with Gasteiger partial charge in [0.2, 0.25) is 0 Å². The van der Waals surface area contributed by atoms with Crippen LogP contribution in [0.15, 0.2) is 51.7 Å². The van der Waals surface area contributed by atoms with E-state index in [0.717, 1.165) is 15.7 Å². The van der Waals surface area contributed by atoms with Crippen LogP contribution in [0.25, 0.3) is 0 Å². The van der Waals surface area contributed by atoms with Gasteiger partial charge in [0.15, 0.2) is 0 Å². The molecule has 0 aliphatic heterocycles. The van der Waals surface area contributed by atoms with Crippen molar-refractivity contribution in [3.05, 3.63) is 52.9 Å². The lowest BCUT2D eigenvalue weighted by molar-refractivity contribution is 0.562. The standard InChI is InChI=1S/C12H12BrNO/c1-9(10-6-7-15-8-10)14-12-5-3-2-4-11(12)13/h2-9,14H,1H3. The van der Waals surface area contributed by atoms with E-state index in [9.17, 15) is 0 Å². The molecule has 1 aromatic carbocycles. The summed E-state index contributed by atoms with van der Waals surface area (Å²) >= 11 is 3.50. The van der Waals surface area contributed by atoms with Gasteiger partial charge in [0.25, 0.3) is 0 Å². The Morgan fingerprint density at radius 1 is 1.27 bits per heavy atom. The van der Waals surface area contributed by atoms with Crippen LogP contribution in [0.5, 0.6) is 0 Å². The number of halogens is 1. The Balaban J connectivity index is 2.13. The van der Waals surface area contributed by atoms with Crippen molar-refractivity contribution in [2.45, 2.75) is 13.0 Å². The van der Waals surface area contributed by atoms with Gasteiger partial charge >= 0.3 is 0 Å². The molecule has 3 heteroatoms. The Bertz CT molecular complexity index is 425. The first-order valence-corrected chi connectivity index (χ1v) is 5.60. The van der Waals surface area contributed by atoms with Crippen LogP contribution in [0.4, 0.5) is 5.69 Å². The van der Waals surface area contributed by atoms with E-state index >= 15 is 0 Å². The minimum Gasteiger partial charge on any atom is -0.472 e. The topological polar surface area (TPSA) is 25.2 Å². The van der Waals surface area contributed by atoms with E-state index in [4.69, 9.17) is 4.42 Å². The maximum absolute atomic E-state index is 5.05. The summed E-state index contributed by atoms with van der Waals surface area (Å²) in [6, 6.07) is 10.3. The summed E-state index contributed by atoms with van der Waals surface area (Å²) in [5, 5.41) is 3.41. The molecule has 2 aromatic rings. The van der Waals surface area contributed by atoms with Gasteiger partial charge in [-0.05, 0) is 41.1 Å². The fourth-order valence-electron chi connectivity index (χ4n) is 1.42. The Labute approximate surface area is 97.4 Å². The minimum atomic E-state index is 0.238. The summed E-state index contributed by atoms with van der Waals surface area (Å²) in [5.74, 6) is 0. The highest BCUT2D eigenvalue weighted by Crippen LogP contribution is 2.26. The number of hydrogen-bond acceptors (Lipinski definition) is 2. The summed E-state index contributed by atoms with van der Waals surface area (Å²) in [7, 11) is 0. The molecule has 0 saturated heterocycles. The zero-order valence-electron chi connectivity index (χ0n) is 8.41. The smallest absolute Gasteiger partial charge is 0.0955 e. The first-order chi connectivity index (χ1) is 7.27. The van der Waals surface area contributed by atoms with E-state index in [1.54, 1.807) is 12.5 Å². The Morgan fingerprint density at radius 3 is 2.73 bits per heavy atom. The number of hydrogen-bond donors (Lipinski definition) is 1. The van der Waals surface area contributed by atoms with Crippen molar-refractivity contribution in [3.8, 4) is 0 Å². The number of nitrogens with one attached hydrogen (secondary N) is 1. The fraction of sp³-hybridized carbons (Fsp3) is 0.167. The van der Waals surface area contributed by atoms with Crippen molar-refractivity contribution in [3.63, 3.8) is 0 Å². The van der Waals surface area contributed by atoms with E-state index in [2.05, 4.69) is 28.2 Å². The molecule has 1 aromatic heterocycles. The predicted octanol–water partition coefficient (Wildman–Crippen LogP) is 4.22. The molecule has 0 fully saturated rings. The van der Waals surface area contributed by atoms with E-state index in [1.165, 1.54) is 0 Å². The van der Waals surface area contributed by atoms with Crippen molar-refractivity contribution < 1.29 is 4.42 Å². The van der Waals surface area contributed by atoms with Crippen molar-refractivity contribution in [2.75, 3.05) is 5.32 Å². The highest BCUT2D eigenvalue weighted by molar-refractivity contribution is 9.10. The Kier molecular flexibility index (Phi) is 3.11. The maximum atomic E-state index is 5.05. The average Bonchev–Trinajstić information content (AvgIpc) is 2.74. The second kappa shape index (κ2) is 4.53. The molecule has 78 valence electrons. The zero-order valence-corrected chi connectivity index (χ0v) is 9.99.